The summed E-state index contributed by atoms with van der Waals surface area (Å²) in [6.07, 6.45) is 3.01. The largest absolute Gasteiger partial charge is 0.481 e. The molecule has 4 bridgehead atoms. The molecule has 1 aromatic rings. The molecule has 4 saturated carbocycles. The number of carbonyl (C=O) groups is 4. The van der Waals surface area contributed by atoms with Gasteiger partial charge in [0.15, 0.2) is 0 Å². The van der Waals surface area contributed by atoms with E-state index in [1.807, 2.05) is 0 Å². The highest BCUT2D eigenvalue weighted by atomic mass is 16.6. The predicted molar refractivity (Wildman–Crippen MR) is 118 cm³/mol. The van der Waals surface area contributed by atoms with Crippen molar-refractivity contribution < 1.29 is 34.1 Å². The van der Waals surface area contributed by atoms with Crippen LogP contribution in [0.1, 0.15) is 45.4 Å². The van der Waals surface area contributed by atoms with Gasteiger partial charge < -0.3 is 19.8 Å². The van der Waals surface area contributed by atoms with Crippen molar-refractivity contribution in [1.29, 1.82) is 0 Å². The van der Waals surface area contributed by atoms with Crippen molar-refractivity contribution in [2.45, 2.75) is 51.5 Å². The van der Waals surface area contributed by atoms with E-state index in [4.69, 9.17) is 4.74 Å². The van der Waals surface area contributed by atoms with Crippen LogP contribution in [0.2, 0.25) is 0 Å². The molecular formula is C24H30N2O7. The van der Waals surface area contributed by atoms with Gasteiger partial charge in [0.05, 0.1) is 10.8 Å². The smallest absolute Gasteiger partial charge is 0.414 e. The number of hydrogen-bond acceptors (Lipinski definition) is 5. The Kier molecular flexibility index (Phi) is 5.62. The number of amides is 2. The minimum absolute atomic E-state index is 0.168. The van der Waals surface area contributed by atoms with Gasteiger partial charge in [-0.2, -0.15) is 0 Å². The monoisotopic (exact) mass is 458 g/mol. The highest BCUT2D eigenvalue weighted by molar-refractivity contribution is 6.03. The van der Waals surface area contributed by atoms with E-state index >= 15 is 0 Å². The van der Waals surface area contributed by atoms with Crippen LogP contribution < -0.4 is 9.64 Å². The van der Waals surface area contributed by atoms with Crippen LogP contribution in [-0.2, 0) is 14.4 Å². The molecule has 9 heteroatoms. The fraction of sp³-hybridized carbons (Fsp3) is 0.583. The van der Waals surface area contributed by atoms with Gasteiger partial charge in [0.2, 0.25) is 5.91 Å². The molecule has 0 saturated heterocycles. The first-order chi connectivity index (χ1) is 15.5. The number of anilines is 1. The SMILES string of the molecule is C[C@@H](C(=O)O)N(C(=O)C12CC3CC(CC(C(=O)O)(C3)C1)C2)c1ccc(OC(=O)N(C)C)cc1. The maximum atomic E-state index is 14.0. The molecular weight excluding hydrogens is 428 g/mol. The van der Waals surface area contributed by atoms with E-state index in [0.29, 0.717) is 31.4 Å². The Morgan fingerprint density at radius 2 is 1.52 bits per heavy atom. The average molecular weight is 459 g/mol. The third kappa shape index (κ3) is 3.94. The van der Waals surface area contributed by atoms with Crippen molar-refractivity contribution in [3.8, 4) is 5.75 Å². The zero-order valence-corrected chi connectivity index (χ0v) is 19.1. The minimum atomic E-state index is -1.15. The quantitative estimate of drug-likeness (QED) is 0.671. The van der Waals surface area contributed by atoms with E-state index in [1.165, 1.54) is 28.9 Å². The molecule has 1 aromatic carbocycles. The normalized spacial score (nSPS) is 30.4. The molecule has 4 fully saturated rings. The second kappa shape index (κ2) is 8.04. The highest BCUT2D eigenvalue weighted by Crippen LogP contribution is 2.66. The van der Waals surface area contributed by atoms with Gasteiger partial charge in [-0.15, -0.1) is 0 Å². The third-order valence-electron chi connectivity index (χ3n) is 7.62. The highest BCUT2D eigenvalue weighted by Gasteiger charge is 2.64. The zero-order valence-electron chi connectivity index (χ0n) is 19.1. The number of benzene rings is 1. The standard InChI is InChI=1S/C24H30N2O7/c1-14(19(27)28)26(17-4-6-18(7-5-17)33-22(32)25(2)3)20(29)23-9-15-8-16(10-23)12-24(11-15,13-23)21(30)31/h4-7,14-16H,8-13H2,1-3H3,(H,27,28)(H,30,31)/t14-,15?,16?,23?,24?/m0/s1. The second-order valence-electron chi connectivity index (χ2n) is 10.3. The third-order valence-corrected chi connectivity index (χ3v) is 7.62. The Hall–Kier alpha value is -3.10. The summed E-state index contributed by atoms with van der Waals surface area (Å²) in [4.78, 5) is 52.5. The zero-order chi connectivity index (χ0) is 24.1. The van der Waals surface area contributed by atoms with E-state index in [-0.39, 0.29) is 29.9 Å². The Morgan fingerprint density at radius 1 is 0.970 bits per heavy atom. The van der Waals surface area contributed by atoms with Crippen LogP contribution in [0, 0.1) is 22.7 Å². The molecule has 0 aromatic heterocycles. The fourth-order valence-corrected chi connectivity index (χ4v) is 6.51. The number of ether oxygens (including phenoxy) is 1. The molecule has 2 N–H and O–H groups in total. The van der Waals surface area contributed by atoms with Crippen molar-refractivity contribution >= 4 is 29.6 Å². The van der Waals surface area contributed by atoms with E-state index in [0.717, 1.165) is 6.42 Å². The first-order valence-corrected chi connectivity index (χ1v) is 11.3. The summed E-state index contributed by atoms with van der Waals surface area (Å²) in [6.45, 7) is 1.45. The maximum absolute atomic E-state index is 14.0. The van der Waals surface area contributed by atoms with Gasteiger partial charge in [-0.1, -0.05) is 0 Å². The number of hydrogen-bond donors (Lipinski definition) is 2. The van der Waals surface area contributed by atoms with E-state index in [9.17, 15) is 29.4 Å². The van der Waals surface area contributed by atoms with Crippen LogP contribution in [0.4, 0.5) is 10.5 Å². The molecule has 33 heavy (non-hydrogen) atoms. The molecule has 4 aliphatic carbocycles. The van der Waals surface area contributed by atoms with Gasteiger partial charge in [0.25, 0.3) is 0 Å². The lowest BCUT2D eigenvalue weighted by Crippen LogP contribution is -2.61. The van der Waals surface area contributed by atoms with Gasteiger partial charge in [0.1, 0.15) is 11.8 Å². The Morgan fingerprint density at radius 3 is 2.00 bits per heavy atom. The number of carboxylic acid groups (broad SMARTS) is 2. The number of aliphatic carboxylic acids is 2. The van der Waals surface area contributed by atoms with E-state index in [1.54, 1.807) is 26.2 Å². The lowest BCUT2D eigenvalue weighted by molar-refractivity contribution is -0.178. The van der Waals surface area contributed by atoms with Gasteiger partial charge >= 0.3 is 18.0 Å². The summed E-state index contributed by atoms with van der Waals surface area (Å²) < 4.78 is 5.22. The summed E-state index contributed by atoms with van der Waals surface area (Å²) in [7, 11) is 3.11. The molecule has 5 rings (SSSR count). The lowest BCUT2D eigenvalue weighted by atomic mass is 9.44. The summed E-state index contributed by atoms with van der Waals surface area (Å²) >= 11 is 0. The first-order valence-electron chi connectivity index (χ1n) is 11.3. The van der Waals surface area contributed by atoms with Crippen LogP contribution in [0.3, 0.4) is 0 Å². The van der Waals surface area contributed by atoms with Crippen molar-refractivity contribution in [2.24, 2.45) is 22.7 Å². The molecule has 0 aliphatic heterocycles. The number of nitrogens with zero attached hydrogens (tertiary/aromatic N) is 2. The van der Waals surface area contributed by atoms with Crippen LogP contribution >= 0.6 is 0 Å². The molecule has 2 amide bonds. The maximum Gasteiger partial charge on any atom is 0.414 e. The van der Waals surface area contributed by atoms with Gasteiger partial charge in [-0.3, -0.25) is 14.5 Å². The van der Waals surface area contributed by atoms with Crippen LogP contribution in [-0.4, -0.2) is 59.2 Å². The molecule has 4 aliphatic rings. The molecule has 0 heterocycles. The van der Waals surface area contributed by atoms with Gasteiger partial charge in [0, 0.05) is 19.8 Å². The molecule has 0 spiro atoms. The molecule has 2 unspecified atom stereocenters. The van der Waals surface area contributed by atoms with E-state index in [2.05, 4.69) is 0 Å². The minimum Gasteiger partial charge on any atom is -0.481 e. The van der Waals surface area contributed by atoms with Crippen molar-refractivity contribution in [2.75, 3.05) is 19.0 Å². The molecule has 3 atom stereocenters. The summed E-state index contributed by atoms with van der Waals surface area (Å²) in [5.41, 5.74) is -1.40. The fourth-order valence-electron chi connectivity index (χ4n) is 6.51. The lowest BCUT2D eigenvalue weighted by Gasteiger charge is -2.60. The Bertz CT molecular complexity index is 973. The summed E-state index contributed by atoms with van der Waals surface area (Å²) in [5.74, 6) is -1.72. The average Bonchev–Trinajstić information content (AvgIpc) is 2.73. The van der Waals surface area contributed by atoms with Crippen molar-refractivity contribution in [3.05, 3.63) is 24.3 Å². The predicted octanol–water partition coefficient (Wildman–Crippen LogP) is 3.22. The molecule has 178 valence electrons. The Labute approximate surface area is 192 Å². The number of rotatable bonds is 6. The molecule has 0 radical (unpaired) electrons. The number of carboxylic acids is 2. The second-order valence-corrected chi connectivity index (χ2v) is 10.3. The van der Waals surface area contributed by atoms with Crippen LogP contribution in [0.25, 0.3) is 0 Å². The summed E-state index contributed by atoms with van der Waals surface area (Å²) in [5, 5.41) is 19.8. The Balaban J connectivity index is 1.67. The van der Waals surface area contributed by atoms with Crippen molar-refractivity contribution in [3.63, 3.8) is 0 Å². The topological polar surface area (TPSA) is 124 Å². The molecule has 9 nitrogen and oxygen atoms in total. The number of carbonyl (C=O) groups excluding carboxylic acids is 2. The first kappa shape index (κ1) is 23.1. The summed E-state index contributed by atoms with van der Waals surface area (Å²) in [6, 6.07) is 5.02. The van der Waals surface area contributed by atoms with Gasteiger partial charge in [-0.05, 0) is 81.5 Å². The van der Waals surface area contributed by atoms with E-state index < -0.39 is 34.9 Å². The van der Waals surface area contributed by atoms with Crippen LogP contribution in [0.15, 0.2) is 24.3 Å². The van der Waals surface area contributed by atoms with Gasteiger partial charge in [-0.25, -0.2) is 9.59 Å². The van der Waals surface area contributed by atoms with Crippen molar-refractivity contribution in [1.82, 2.24) is 4.90 Å². The van der Waals surface area contributed by atoms with Crippen LogP contribution in [0.5, 0.6) is 5.75 Å².